The number of pyridine rings is 1. The summed E-state index contributed by atoms with van der Waals surface area (Å²) < 4.78 is 5.38. The van der Waals surface area contributed by atoms with E-state index in [9.17, 15) is 9.59 Å². The fourth-order valence-electron chi connectivity index (χ4n) is 4.49. The van der Waals surface area contributed by atoms with Gasteiger partial charge < -0.3 is 10.1 Å². The topological polar surface area (TPSA) is 68.3 Å². The zero-order chi connectivity index (χ0) is 25.4. The van der Waals surface area contributed by atoms with E-state index in [2.05, 4.69) is 22.4 Å². The van der Waals surface area contributed by atoms with Crippen molar-refractivity contribution >= 4 is 40.1 Å². The fourth-order valence-corrected chi connectivity index (χ4v) is 4.72. The third-order valence-electron chi connectivity index (χ3n) is 6.21. The summed E-state index contributed by atoms with van der Waals surface area (Å²) in [6.45, 7) is 10.9. The summed E-state index contributed by atoms with van der Waals surface area (Å²) >= 11 is 6.62. The molecule has 0 aliphatic heterocycles. The molecule has 178 valence electrons. The summed E-state index contributed by atoms with van der Waals surface area (Å²) in [5, 5.41) is 4.58. The van der Waals surface area contributed by atoms with Crippen molar-refractivity contribution in [2.24, 2.45) is 0 Å². The molecule has 35 heavy (non-hydrogen) atoms. The lowest BCUT2D eigenvalue weighted by atomic mass is 9.95. The molecule has 0 saturated heterocycles. The zero-order valence-corrected chi connectivity index (χ0v) is 21.4. The first kappa shape index (κ1) is 24.4. The first-order valence-corrected chi connectivity index (χ1v) is 11.7. The number of hydrogen-bond acceptors (Lipinski definition) is 4. The van der Waals surface area contributed by atoms with Gasteiger partial charge in [-0.2, -0.15) is 0 Å². The van der Waals surface area contributed by atoms with Gasteiger partial charge >= 0.3 is 5.97 Å². The van der Waals surface area contributed by atoms with E-state index in [1.165, 1.54) is 6.92 Å². The number of amides is 1. The van der Waals surface area contributed by atoms with Gasteiger partial charge in [0.1, 0.15) is 5.75 Å². The Labute approximate surface area is 210 Å². The van der Waals surface area contributed by atoms with Gasteiger partial charge in [-0.1, -0.05) is 41.4 Å². The second-order valence-electron chi connectivity index (χ2n) is 8.87. The van der Waals surface area contributed by atoms with Gasteiger partial charge in [0.05, 0.1) is 17.4 Å². The van der Waals surface area contributed by atoms with E-state index in [-0.39, 0.29) is 5.91 Å². The number of nitrogens with one attached hydrogen (secondary N) is 1. The van der Waals surface area contributed by atoms with Crippen LogP contribution in [0.25, 0.3) is 22.0 Å². The van der Waals surface area contributed by atoms with E-state index in [1.807, 2.05) is 58.9 Å². The molecule has 0 spiro atoms. The third-order valence-corrected chi connectivity index (χ3v) is 6.54. The highest BCUT2D eigenvalue weighted by molar-refractivity contribution is 6.34. The number of aryl methyl sites for hydroxylation is 3. The highest BCUT2D eigenvalue weighted by Crippen LogP contribution is 2.40. The van der Waals surface area contributed by atoms with Gasteiger partial charge in [0, 0.05) is 34.0 Å². The minimum atomic E-state index is -0.398. The van der Waals surface area contributed by atoms with E-state index >= 15 is 0 Å². The van der Waals surface area contributed by atoms with Gasteiger partial charge in [-0.05, 0) is 75.1 Å². The number of halogens is 1. The predicted octanol–water partition coefficient (Wildman–Crippen LogP) is 7.27. The number of benzene rings is 3. The Balaban J connectivity index is 1.88. The number of ether oxygens (including phenoxy) is 1. The molecule has 4 aromatic rings. The van der Waals surface area contributed by atoms with Gasteiger partial charge in [-0.3, -0.25) is 14.6 Å². The number of anilines is 1. The van der Waals surface area contributed by atoms with Crippen molar-refractivity contribution in [1.82, 2.24) is 4.98 Å². The monoisotopic (exact) mass is 486 g/mol. The summed E-state index contributed by atoms with van der Waals surface area (Å²) in [5.74, 6) is -0.187. The Bertz CT molecular complexity index is 1510. The predicted molar refractivity (Wildman–Crippen MR) is 142 cm³/mol. The molecule has 0 unspecified atom stereocenters. The molecule has 1 heterocycles. The average Bonchev–Trinajstić information content (AvgIpc) is 2.79. The van der Waals surface area contributed by atoms with E-state index in [0.29, 0.717) is 27.6 Å². The second kappa shape index (κ2) is 9.51. The number of nitrogens with zero attached hydrogens (tertiary/aromatic N) is 1. The Morgan fingerprint density at radius 3 is 2.34 bits per heavy atom. The van der Waals surface area contributed by atoms with Gasteiger partial charge in [0.25, 0.3) is 5.91 Å². The van der Waals surface area contributed by atoms with Crippen LogP contribution in [0.2, 0.25) is 5.02 Å². The maximum absolute atomic E-state index is 13.5. The Kier molecular flexibility index (Phi) is 6.64. The standard InChI is InChI=1S/C29H27ClN2O3/c1-15-11-16(2)27-23(12-15)26(21-9-7-8-10-24(21)30)25(14-31-27)32-29(34)22-13-17(3)28(35-20(6)33)19(5)18(22)4/h7-14H,1-6H3,(H,32,34). The van der Waals surface area contributed by atoms with E-state index in [1.54, 1.807) is 12.3 Å². The molecule has 6 heteroatoms. The number of rotatable bonds is 4. The van der Waals surface area contributed by atoms with Crippen LogP contribution in [0.3, 0.4) is 0 Å². The van der Waals surface area contributed by atoms with Crippen LogP contribution in [0.15, 0.2) is 48.7 Å². The zero-order valence-electron chi connectivity index (χ0n) is 20.7. The molecule has 0 bridgehead atoms. The molecule has 0 aliphatic carbocycles. The van der Waals surface area contributed by atoms with Crippen LogP contribution in [0, 0.1) is 34.6 Å². The van der Waals surface area contributed by atoms with E-state index in [4.69, 9.17) is 16.3 Å². The Hall–Kier alpha value is -3.70. The number of aromatic nitrogens is 1. The molecule has 0 radical (unpaired) electrons. The maximum atomic E-state index is 13.5. The molecule has 0 saturated carbocycles. The molecule has 0 aliphatic rings. The van der Waals surface area contributed by atoms with Crippen LogP contribution >= 0.6 is 11.6 Å². The first-order chi connectivity index (χ1) is 16.6. The van der Waals surface area contributed by atoms with E-state index < -0.39 is 5.97 Å². The van der Waals surface area contributed by atoms with Crippen LogP contribution < -0.4 is 10.1 Å². The minimum Gasteiger partial charge on any atom is -0.426 e. The van der Waals surface area contributed by atoms with Crippen LogP contribution in [0.4, 0.5) is 5.69 Å². The van der Waals surface area contributed by atoms with Crippen LogP contribution in [0.1, 0.15) is 45.1 Å². The summed E-state index contributed by atoms with van der Waals surface area (Å²) in [6.07, 6.45) is 1.68. The van der Waals surface area contributed by atoms with Crippen LogP contribution in [-0.4, -0.2) is 16.9 Å². The number of esters is 1. The van der Waals surface area contributed by atoms with Gasteiger partial charge in [-0.25, -0.2) is 0 Å². The molecule has 0 fully saturated rings. The van der Waals surface area contributed by atoms with Crippen LogP contribution in [-0.2, 0) is 4.79 Å². The fraction of sp³-hybridized carbons (Fsp3) is 0.207. The molecule has 1 N–H and O–H groups in total. The summed E-state index contributed by atoms with van der Waals surface area (Å²) in [6, 6.07) is 13.5. The number of carbonyl (C=O) groups excluding carboxylic acids is 2. The number of hydrogen-bond donors (Lipinski definition) is 1. The third kappa shape index (κ3) is 4.64. The molecular formula is C29H27ClN2O3. The van der Waals surface area contributed by atoms with Gasteiger partial charge in [0.15, 0.2) is 0 Å². The Morgan fingerprint density at radius 2 is 1.66 bits per heavy atom. The van der Waals surface area contributed by atoms with Crippen molar-refractivity contribution in [2.45, 2.75) is 41.5 Å². The van der Waals surface area contributed by atoms with Crippen molar-refractivity contribution in [3.8, 4) is 16.9 Å². The molecule has 3 aromatic carbocycles. The van der Waals surface area contributed by atoms with Crippen molar-refractivity contribution in [3.05, 3.63) is 87.1 Å². The Morgan fingerprint density at radius 1 is 0.943 bits per heavy atom. The normalized spacial score (nSPS) is 10.9. The van der Waals surface area contributed by atoms with E-state index in [0.717, 1.165) is 44.3 Å². The maximum Gasteiger partial charge on any atom is 0.308 e. The highest BCUT2D eigenvalue weighted by atomic mass is 35.5. The largest absolute Gasteiger partial charge is 0.426 e. The number of fused-ring (bicyclic) bond motifs is 1. The molecule has 4 rings (SSSR count). The quantitative estimate of drug-likeness (QED) is 0.243. The van der Waals surface area contributed by atoms with Gasteiger partial charge in [-0.15, -0.1) is 0 Å². The lowest BCUT2D eigenvalue weighted by Gasteiger charge is -2.18. The number of carbonyl (C=O) groups is 2. The molecular weight excluding hydrogens is 460 g/mol. The second-order valence-corrected chi connectivity index (χ2v) is 9.28. The molecule has 1 amide bonds. The molecule has 1 aromatic heterocycles. The van der Waals surface area contributed by atoms with Crippen LogP contribution in [0.5, 0.6) is 5.75 Å². The summed E-state index contributed by atoms with van der Waals surface area (Å²) in [7, 11) is 0. The van der Waals surface area contributed by atoms with Crippen molar-refractivity contribution < 1.29 is 14.3 Å². The molecule has 5 nitrogen and oxygen atoms in total. The van der Waals surface area contributed by atoms with Crippen molar-refractivity contribution in [2.75, 3.05) is 5.32 Å². The smallest absolute Gasteiger partial charge is 0.308 e. The highest BCUT2D eigenvalue weighted by Gasteiger charge is 2.21. The first-order valence-electron chi connectivity index (χ1n) is 11.3. The summed E-state index contributed by atoms with van der Waals surface area (Å²) in [4.78, 5) is 29.7. The van der Waals surface area contributed by atoms with Gasteiger partial charge in [0.2, 0.25) is 0 Å². The lowest BCUT2D eigenvalue weighted by molar-refractivity contribution is -0.131. The lowest BCUT2D eigenvalue weighted by Crippen LogP contribution is -2.16. The molecule has 0 atom stereocenters. The van der Waals surface area contributed by atoms with Crippen molar-refractivity contribution in [3.63, 3.8) is 0 Å². The minimum absolute atomic E-state index is 0.276. The van der Waals surface area contributed by atoms with Crippen molar-refractivity contribution in [1.29, 1.82) is 0 Å². The summed E-state index contributed by atoms with van der Waals surface area (Å²) in [5.41, 5.74) is 7.91. The SMILES string of the molecule is CC(=O)Oc1c(C)cc(C(=O)Nc2cnc3c(C)cc(C)cc3c2-c2ccccc2Cl)c(C)c1C. The average molecular weight is 487 g/mol.